The summed E-state index contributed by atoms with van der Waals surface area (Å²) in [5.41, 5.74) is 0.986. The van der Waals surface area contributed by atoms with Gasteiger partial charge in [0.2, 0.25) is 12.7 Å². The molecular weight excluding hydrogens is 286 g/mol. The molecular formula is C12H12BrNO3. The van der Waals surface area contributed by atoms with Gasteiger partial charge in [0.05, 0.1) is 0 Å². The van der Waals surface area contributed by atoms with E-state index >= 15 is 0 Å². The van der Waals surface area contributed by atoms with Gasteiger partial charge in [-0.05, 0) is 17.7 Å². The van der Waals surface area contributed by atoms with Crippen LogP contribution in [0.5, 0.6) is 11.5 Å². The van der Waals surface area contributed by atoms with Crippen LogP contribution in [0.15, 0.2) is 22.7 Å². The molecule has 1 aliphatic rings. The van der Waals surface area contributed by atoms with Crippen molar-refractivity contribution in [3.05, 3.63) is 28.2 Å². The highest BCUT2D eigenvalue weighted by molar-refractivity contribution is 9.10. The van der Waals surface area contributed by atoms with Crippen molar-refractivity contribution < 1.29 is 14.3 Å². The molecule has 0 bridgehead atoms. The number of carbonyl (C=O) groups is 1. The van der Waals surface area contributed by atoms with Crippen LogP contribution in [0.25, 0.3) is 6.08 Å². The lowest BCUT2D eigenvalue weighted by molar-refractivity contribution is -0.118. The largest absolute Gasteiger partial charge is 0.454 e. The third-order valence-corrected chi connectivity index (χ3v) is 2.94. The van der Waals surface area contributed by atoms with Crippen LogP contribution in [0, 0.1) is 0 Å². The average Bonchev–Trinajstić information content (AvgIpc) is 2.71. The molecule has 1 amide bonds. The number of carbonyl (C=O) groups excluding carboxylic acids is 1. The molecule has 1 N–H and O–H groups in total. The number of benzene rings is 1. The van der Waals surface area contributed by atoms with Crippen LogP contribution >= 0.6 is 15.9 Å². The van der Waals surface area contributed by atoms with E-state index in [0.717, 1.165) is 21.5 Å². The zero-order valence-corrected chi connectivity index (χ0v) is 10.9. The molecule has 2 rings (SSSR count). The van der Waals surface area contributed by atoms with Gasteiger partial charge >= 0.3 is 0 Å². The van der Waals surface area contributed by atoms with Gasteiger partial charge in [-0.2, -0.15) is 0 Å². The molecule has 1 aromatic carbocycles. The van der Waals surface area contributed by atoms with Crippen molar-refractivity contribution in [1.82, 2.24) is 5.32 Å². The third kappa shape index (κ3) is 3.00. The molecule has 1 aromatic rings. The van der Waals surface area contributed by atoms with E-state index < -0.39 is 0 Å². The molecule has 1 aliphatic heterocycles. The molecule has 90 valence electrons. The third-order valence-electron chi connectivity index (χ3n) is 2.26. The molecule has 1 heterocycles. The first-order valence-electron chi connectivity index (χ1n) is 5.17. The maximum absolute atomic E-state index is 10.7. The summed E-state index contributed by atoms with van der Waals surface area (Å²) in [7, 11) is 0. The molecule has 0 aromatic heterocycles. The Labute approximate surface area is 108 Å². The van der Waals surface area contributed by atoms with Crippen LogP contribution in [0.3, 0.4) is 0 Å². The Morgan fingerprint density at radius 1 is 1.47 bits per heavy atom. The fourth-order valence-corrected chi connectivity index (χ4v) is 1.90. The molecule has 17 heavy (non-hydrogen) atoms. The van der Waals surface area contributed by atoms with Crippen LogP contribution in [0.1, 0.15) is 12.5 Å². The van der Waals surface area contributed by atoms with Gasteiger partial charge in [-0.1, -0.05) is 28.1 Å². The van der Waals surface area contributed by atoms with E-state index in [1.807, 2.05) is 24.3 Å². The monoisotopic (exact) mass is 297 g/mol. The van der Waals surface area contributed by atoms with E-state index in [-0.39, 0.29) is 12.7 Å². The predicted molar refractivity (Wildman–Crippen MR) is 68.0 cm³/mol. The first-order chi connectivity index (χ1) is 8.16. The van der Waals surface area contributed by atoms with Gasteiger partial charge < -0.3 is 14.8 Å². The molecule has 0 unspecified atom stereocenters. The zero-order valence-electron chi connectivity index (χ0n) is 9.33. The van der Waals surface area contributed by atoms with Crippen LogP contribution in [0.2, 0.25) is 0 Å². The highest BCUT2D eigenvalue weighted by Crippen LogP contribution is 2.37. The summed E-state index contributed by atoms with van der Waals surface area (Å²) >= 11 is 3.46. The van der Waals surface area contributed by atoms with E-state index in [1.54, 1.807) is 0 Å². The van der Waals surface area contributed by atoms with Gasteiger partial charge in [0, 0.05) is 17.9 Å². The summed E-state index contributed by atoms with van der Waals surface area (Å²) in [5, 5.41) is 2.69. The van der Waals surface area contributed by atoms with E-state index in [9.17, 15) is 4.79 Å². The lowest BCUT2D eigenvalue weighted by Crippen LogP contribution is -2.19. The summed E-state index contributed by atoms with van der Waals surface area (Å²) in [6, 6.07) is 3.77. The van der Waals surface area contributed by atoms with E-state index in [4.69, 9.17) is 9.47 Å². The second kappa shape index (κ2) is 5.23. The maximum Gasteiger partial charge on any atom is 0.231 e. The van der Waals surface area contributed by atoms with Crippen molar-refractivity contribution >= 4 is 27.9 Å². The van der Waals surface area contributed by atoms with Crippen LogP contribution in [-0.2, 0) is 4.79 Å². The normalized spacial score (nSPS) is 13.1. The van der Waals surface area contributed by atoms with Crippen molar-refractivity contribution in [2.45, 2.75) is 6.92 Å². The van der Waals surface area contributed by atoms with Crippen LogP contribution in [-0.4, -0.2) is 19.2 Å². The standard InChI is InChI=1S/C12H12BrNO3/c1-8(15)14-4-2-3-9-5-11-12(6-10(9)13)17-7-16-11/h2-3,5-6H,4,7H2,1H3,(H,14,15). The van der Waals surface area contributed by atoms with Gasteiger partial charge in [-0.25, -0.2) is 0 Å². The van der Waals surface area contributed by atoms with Gasteiger partial charge in [0.25, 0.3) is 0 Å². The number of hydrogen-bond acceptors (Lipinski definition) is 3. The van der Waals surface area contributed by atoms with Gasteiger partial charge in [0.1, 0.15) is 0 Å². The second-order valence-electron chi connectivity index (χ2n) is 3.57. The highest BCUT2D eigenvalue weighted by Gasteiger charge is 2.14. The number of ether oxygens (including phenoxy) is 2. The Hall–Kier alpha value is -1.49. The first kappa shape index (κ1) is 12.0. The summed E-state index contributed by atoms with van der Waals surface area (Å²) in [6.07, 6.45) is 3.80. The van der Waals surface area contributed by atoms with Gasteiger partial charge in [-0.3, -0.25) is 4.79 Å². The molecule has 5 heteroatoms. The quantitative estimate of drug-likeness (QED) is 0.931. The Morgan fingerprint density at radius 3 is 2.88 bits per heavy atom. The molecule has 0 saturated heterocycles. The molecule has 0 fully saturated rings. The fourth-order valence-electron chi connectivity index (χ4n) is 1.45. The van der Waals surface area contributed by atoms with Crippen molar-refractivity contribution in [3.8, 4) is 11.5 Å². The molecule has 0 spiro atoms. The van der Waals surface area contributed by atoms with Crippen molar-refractivity contribution in [3.63, 3.8) is 0 Å². The minimum atomic E-state index is -0.0422. The van der Waals surface area contributed by atoms with E-state index in [0.29, 0.717) is 6.54 Å². The minimum absolute atomic E-state index is 0.0422. The SMILES string of the molecule is CC(=O)NCC=Cc1cc2c(cc1Br)OCO2. The summed E-state index contributed by atoms with van der Waals surface area (Å²) < 4.78 is 11.5. The Balaban J connectivity index is 2.08. The van der Waals surface area contributed by atoms with Crippen LogP contribution in [0.4, 0.5) is 0 Å². The number of amides is 1. The van der Waals surface area contributed by atoms with Crippen molar-refractivity contribution in [1.29, 1.82) is 0 Å². The van der Waals surface area contributed by atoms with E-state index in [1.165, 1.54) is 6.92 Å². The highest BCUT2D eigenvalue weighted by atomic mass is 79.9. The number of rotatable bonds is 3. The summed E-state index contributed by atoms with van der Waals surface area (Å²) in [4.78, 5) is 10.7. The van der Waals surface area contributed by atoms with Gasteiger partial charge in [-0.15, -0.1) is 0 Å². The Morgan fingerprint density at radius 2 is 2.18 bits per heavy atom. The lowest BCUT2D eigenvalue weighted by atomic mass is 10.2. The number of hydrogen-bond donors (Lipinski definition) is 1. The second-order valence-corrected chi connectivity index (χ2v) is 4.42. The minimum Gasteiger partial charge on any atom is -0.454 e. The first-order valence-corrected chi connectivity index (χ1v) is 5.96. The van der Waals surface area contributed by atoms with E-state index in [2.05, 4.69) is 21.2 Å². The maximum atomic E-state index is 10.7. The number of halogens is 1. The van der Waals surface area contributed by atoms with Gasteiger partial charge in [0.15, 0.2) is 11.5 Å². The lowest BCUT2D eigenvalue weighted by Gasteiger charge is -2.02. The van der Waals surface area contributed by atoms with Crippen molar-refractivity contribution in [2.75, 3.05) is 13.3 Å². The average molecular weight is 298 g/mol. The molecule has 0 radical (unpaired) electrons. The molecule has 0 saturated carbocycles. The summed E-state index contributed by atoms with van der Waals surface area (Å²) in [5.74, 6) is 1.45. The smallest absolute Gasteiger partial charge is 0.231 e. The summed E-state index contributed by atoms with van der Waals surface area (Å²) in [6.45, 7) is 2.27. The Bertz CT molecular complexity index is 471. The number of nitrogens with one attached hydrogen (secondary N) is 1. The fraction of sp³-hybridized carbons (Fsp3) is 0.250. The van der Waals surface area contributed by atoms with Crippen LogP contribution < -0.4 is 14.8 Å². The zero-order chi connectivity index (χ0) is 12.3. The molecule has 0 atom stereocenters. The Kier molecular flexibility index (Phi) is 3.68. The number of fused-ring (bicyclic) bond motifs is 1. The molecule has 0 aliphatic carbocycles. The van der Waals surface area contributed by atoms with Crippen molar-refractivity contribution in [2.24, 2.45) is 0 Å². The predicted octanol–water partition coefficient (Wildman–Crippen LogP) is 2.33. The topological polar surface area (TPSA) is 47.6 Å². The molecule has 4 nitrogen and oxygen atoms in total.